The first-order chi connectivity index (χ1) is 14.9. The summed E-state index contributed by atoms with van der Waals surface area (Å²) in [4.78, 5) is 0. The Morgan fingerprint density at radius 3 is 2.56 bits per heavy atom. The maximum atomic E-state index is 11.5. The fourth-order valence-corrected chi connectivity index (χ4v) is 9.03. The SMILES string of the molecule is C=C(C[C@@H](O)[C@]1(C)O[C@]12[C@@H](O)C[C@H]1[C@@H]3CC=C4C[C@@H](O)CC[C@]4(C)[C@H]3CC[C@@]12C)C(C)C. The number of allylic oxidation sites excluding steroid dienone is 1. The van der Waals surface area contributed by atoms with Crippen molar-refractivity contribution >= 4 is 0 Å². The third kappa shape index (κ3) is 2.76. The van der Waals surface area contributed by atoms with Crippen LogP contribution in [0.15, 0.2) is 23.8 Å². The van der Waals surface area contributed by atoms with Gasteiger partial charge in [-0.1, -0.05) is 51.5 Å². The van der Waals surface area contributed by atoms with E-state index in [0.717, 1.165) is 50.5 Å². The van der Waals surface area contributed by atoms with Gasteiger partial charge in [0.2, 0.25) is 0 Å². The maximum Gasteiger partial charge on any atom is 0.132 e. The van der Waals surface area contributed by atoms with Crippen LogP contribution >= 0.6 is 0 Å². The first kappa shape index (κ1) is 23.1. The van der Waals surface area contributed by atoms with Crippen LogP contribution in [0.5, 0.6) is 0 Å². The molecule has 3 saturated carbocycles. The monoisotopic (exact) mass is 444 g/mol. The molecular formula is C28H44O4. The van der Waals surface area contributed by atoms with E-state index in [2.05, 4.69) is 40.3 Å². The van der Waals surface area contributed by atoms with Crippen molar-refractivity contribution in [2.24, 2.45) is 34.5 Å². The Hall–Kier alpha value is -0.680. The topological polar surface area (TPSA) is 73.2 Å². The lowest BCUT2D eigenvalue weighted by molar-refractivity contribution is -0.0607. The minimum absolute atomic E-state index is 0.127. The number of fused-ring (bicyclic) bond motifs is 6. The molecule has 1 saturated heterocycles. The molecule has 0 aromatic heterocycles. The van der Waals surface area contributed by atoms with Gasteiger partial charge in [-0.3, -0.25) is 0 Å². The molecule has 0 amide bonds. The van der Waals surface area contributed by atoms with E-state index in [-0.39, 0.29) is 16.9 Å². The van der Waals surface area contributed by atoms with Crippen molar-refractivity contribution in [2.75, 3.05) is 0 Å². The summed E-state index contributed by atoms with van der Waals surface area (Å²) in [6, 6.07) is 0. The van der Waals surface area contributed by atoms with E-state index in [1.54, 1.807) is 0 Å². The molecule has 32 heavy (non-hydrogen) atoms. The van der Waals surface area contributed by atoms with Crippen LogP contribution in [0.1, 0.15) is 86.0 Å². The van der Waals surface area contributed by atoms with E-state index in [1.165, 1.54) is 5.57 Å². The van der Waals surface area contributed by atoms with Crippen LogP contribution in [-0.2, 0) is 4.74 Å². The molecule has 1 heterocycles. The van der Waals surface area contributed by atoms with Crippen molar-refractivity contribution in [1.82, 2.24) is 0 Å². The second-order valence-electron chi connectivity index (χ2n) is 12.8. The number of hydrogen-bond acceptors (Lipinski definition) is 4. The Kier molecular flexibility index (Phi) is 5.17. The lowest BCUT2D eigenvalue weighted by Crippen LogP contribution is -2.55. The molecule has 4 aliphatic carbocycles. The molecule has 3 N–H and O–H groups in total. The summed E-state index contributed by atoms with van der Waals surface area (Å²) in [5, 5.41) is 32.9. The van der Waals surface area contributed by atoms with Gasteiger partial charge in [-0.2, -0.15) is 0 Å². The Bertz CT molecular complexity index is 833. The molecule has 4 heteroatoms. The molecule has 1 aliphatic heterocycles. The average molecular weight is 445 g/mol. The van der Waals surface area contributed by atoms with Crippen LogP contribution in [-0.4, -0.2) is 44.8 Å². The van der Waals surface area contributed by atoms with Gasteiger partial charge in [0.25, 0.3) is 0 Å². The minimum Gasteiger partial charge on any atom is -0.393 e. The maximum absolute atomic E-state index is 11.5. The predicted octanol–water partition coefficient (Wildman–Crippen LogP) is 4.77. The molecule has 180 valence electrons. The second kappa shape index (κ2) is 7.16. The lowest BCUT2D eigenvalue weighted by Gasteiger charge is -2.57. The quantitative estimate of drug-likeness (QED) is 0.431. The average Bonchev–Trinajstić information content (AvgIpc) is 3.33. The molecule has 0 aromatic carbocycles. The summed E-state index contributed by atoms with van der Waals surface area (Å²) in [5.41, 5.74) is 1.21. The first-order valence-corrected chi connectivity index (χ1v) is 13.0. The van der Waals surface area contributed by atoms with Crippen LogP contribution in [0.2, 0.25) is 0 Å². The van der Waals surface area contributed by atoms with Crippen LogP contribution < -0.4 is 0 Å². The van der Waals surface area contributed by atoms with Gasteiger partial charge in [-0.05, 0) is 87.4 Å². The van der Waals surface area contributed by atoms with E-state index >= 15 is 0 Å². The molecule has 0 bridgehead atoms. The van der Waals surface area contributed by atoms with E-state index in [4.69, 9.17) is 4.74 Å². The molecule has 4 nitrogen and oxygen atoms in total. The van der Waals surface area contributed by atoms with E-state index in [9.17, 15) is 15.3 Å². The van der Waals surface area contributed by atoms with Crippen molar-refractivity contribution < 1.29 is 20.1 Å². The van der Waals surface area contributed by atoms with Crippen LogP contribution in [0, 0.1) is 34.5 Å². The highest BCUT2D eigenvalue weighted by atomic mass is 16.7. The highest BCUT2D eigenvalue weighted by Gasteiger charge is 2.85. The molecule has 10 atom stereocenters. The molecule has 0 radical (unpaired) electrons. The van der Waals surface area contributed by atoms with Crippen molar-refractivity contribution in [2.45, 2.75) is 115 Å². The number of aliphatic hydroxyl groups is 3. The fraction of sp³-hybridized carbons (Fsp3) is 0.857. The van der Waals surface area contributed by atoms with Crippen LogP contribution in [0.3, 0.4) is 0 Å². The van der Waals surface area contributed by atoms with Gasteiger partial charge in [0, 0.05) is 5.41 Å². The van der Waals surface area contributed by atoms with Gasteiger partial charge in [0.1, 0.15) is 11.2 Å². The summed E-state index contributed by atoms with van der Waals surface area (Å²) in [7, 11) is 0. The minimum atomic E-state index is -0.713. The van der Waals surface area contributed by atoms with Gasteiger partial charge in [0.15, 0.2) is 0 Å². The van der Waals surface area contributed by atoms with E-state index < -0.39 is 23.4 Å². The number of aliphatic hydroxyl groups excluding tert-OH is 3. The molecule has 1 spiro atoms. The van der Waals surface area contributed by atoms with Gasteiger partial charge in [-0.25, -0.2) is 0 Å². The Morgan fingerprint density at radius 1 is 1.16 bits per heavy atom. The third-order valence-electron chi connectivity index (χ3n) is 11.2. The number of rotatable bonds is 4. The third-order valence-corrected chi connectivity index (χ3v) is 11.2. The molecule has 0 aromatic rings. The van der Waals surface area contributed by atoms with Gasteiger partial charge in [0.05, 0.1) is 18.3 Å². The summed E-state index contributed by atoms with van der Waals surface area (Å²) < 4.78 is 6.52. The molecule has 4 fully saturated rings. The Balaban J connectivity index is 1.43. The predicted molar refractivity (Wildman–Crippen MR) is 126 cm³/mol. The zero-order chi connectivity index (χ0) is 23.3. The summed E-state index contributed by atoms with van der Waals surface area (Å²) in [6.07, 6.45) is 8.41. The van der Waals surface area contributed by atoms with Crippen molar-refractivity contribution in [3.05, 3.63) is 23.8 Å². The highest BCUT2D eigenvalue weighted by Crippen LogP contribution is 2.76. The van der Waals surface area contributed by atoms with E-state index in [1.807, 2.05) is 6.92 Å². The number of hydrogen-bond donors (Lipinski definition) is 3. The van der Waals surface area contributed by atoms with Gasteiger partial charge in [-0.15, -0.1) is 0 Å². The fourth-order valence-electron chi connectivity index (χ4n) is 9.03. The normalized spacial score (nSPS) is 52.8. The summed E-state index contributed by atoms with van der Waals surface area (Å²) in [6.45, 7) is 15.2. The van der Waals surface area contributed by atoms with Crippen LogP contribution in [0.25, 0.3) is 0 Å². The molecule has 0 unspecified atom stereocenters. The Labute approximate surface area is 194 Å². The van der Waals surface area contributed by atoms with Crippen molar-refractivity contribution in [3.63, 3.8) is 0 Å². The second-order valence-corrected chi connectivity index (χ2v) is 12.8. The standard InChI is InChI=1S/C28H44O4/c1-16(2)17(3)13-23(30)27(6)28(32-27)24(31)15-22-20-8-7-18-14-19(29)9-11-25(18,4)21(20)10-12-26(22,28)5/h7,16,19-24,29-31H,3,8-15H2,1-2,4-6H3/t19-,20+,21-,22-,23+,24-,25-,26-,27-,28-/m0/s1. The highest BCUT2D eigenvalue weighted by molar-refractivity contribution is 5.35. The zero-order valence-electron chi connectivity index (χ0n) is 20.7. The van der Waals surface area contributed by atoms with E-state index in [0.29, 0.717) is 30.1 Å². The van der Waals surface area contributed by atoms with Gasteiger partial charge >= 0.3 is 0 Å². The Morgan fingerprint density at radius 2 is 1.88 bits per heavy atom. The number of ether oxygens (including phenoxy) is 1. The molecule has 5 rings (SSSR count). The summed E-state index contributed by atoms with van der Waals surface area (Å²) >= 11 is 0. The largest absolute Gasteiger partial charge is 0.393 e. The summed E-state index contributed by atoms with van der Waals surface area (Å²) in [5.74, 6) is 1.89. The molecule has 5 aliphatic rings. The van der Waals surface area contributed by atoms with Crippen molar-refractivity contribution in [1.29, 1.82) is 0 Å². The van der Waals surface area contributed by atoms with Crippen LogP contribution in [0.4, 0.5) is 0 Å². The zero-order valence-corrected chi connectivity index (χ0v) is 20.7. The smallest absolute Gasteiger partial charge is 0.132 e. The van der Waals surface area contributed by atoms with Gasteiger partial charge < -0.3 is 20.1 Å². The first-order valence-electron chi connectivity index (χ1n) is 13.0. The number of epoxide rings is 1. The van der Waals surface area contributed by atoms with Crippen molar-refractivity contribution in [3.8, 4) is 0 Å². The molecular weight excluding hydrogens is 400 g/mol. The lowest BCUT2D eigenvalue weighted by atomic mass is 9.46.